The molecule has 0 amide bonds. The van der Waals surface area contributed by atoms with Crippen molar-refractivity contribution in [1.82, 2.24) is 24.7 Å². The van der Waals surface area contributed by atoms with Crippen LogP contribution in [0.1, 0.15) is 0 Å². The largest absolute Gasteiger partial charge is 0.486 e. The Hall–Kier alpha value is -5.01. The first kappa shape index (κ1) is 23.4. The van der Waals surface area contributed by atoms with E-state index in [0.717, 1.165) is 16.7 Å². The average Bonchev–Trinajstić information content (AvgIpc) is 3.29. The standard InChI is InChI=1S/C24H19F3N8O3/c1-34(8-10-9-37-16-6-14(28)13(26)5-17(16)38-10)24-30-7-11-20-18(21(29)33-32-20)23(36)35(22(11)31-24)15-4-2-3-12(25)19(15)27/h2-7,10H,8-9,28H2,1H3,(H3,29,32,33). The summed E-state index contributed by atoms with van der Waals surface area (Å²) in [6.07, 6.45) is 0.889. The number of nitrogens with zero attached hydrogens (tertiary/aromatic N) is 5. The van der Waals surface area contributed by atoms with Gasteiger partial charge in [0.2, 0.25) is 5.95 Å². The quantitative estimate of drug-likeness (QED) is 0.301. The Kier molecular flexibility index (Phi) is 5.26. The van der Waals surface area contributed by atoms with Gasteiger partial charge in [0.15, 0.2) is 40.7 Å². The molecule has 2 aromatic carbocycles. The summed E-state index contributed by atoms with van der Waals surface area (Å²) in [5.41, 5.74) is 10.6. The minimum absolute atomic E-state index is 0.00351. The number of pyridine rings is 1. The van der Waals surface area contributed by atoms with E-state index < -0.39 is 29.1 Å². The van der Waals surface area contributed by atoms with Gasteiger partial charge in [-0.1, -0.05) is 6.07 Å². The average molecular weight is 524 g/mol. The third-order valence-corrected chi connectivity index (χ3v) is 6.22. The molecule has 1 aliphatic rings. The summed E-state index contributed by atoms with van der Waals surface area (Å²) >= 11 is 0. The molecule has 6 rings (SSSR count). The summed E-state index contributed by atoms with van der Waals surface area (Å²) in [4.78, 5) is 23.9. The molecule has 0 saturated heterocycles. The minimum Gasteiger partial charge on any atom is -0.486 e. The summed E-state index contributed by atoms with van der Waals surface area (Å²) in [5, 5.41) is 6.87. The first-order chi connectivity index (χ1) is 18.2. The van der Waals surface area contributed by atoms with Crippen LogP contribution in [-0.4, -0.2) is 51.0 Å². The molecule has 11 nitrogen and oxygen atoms in total. The molecule has 1 atom stereocenters. The number of halogens is 3. The van der Waals surface area contributed by atoms with Gasteiger partial charge in [0.05, 0.1) is 28.8 Å². The highest BCUT2D eigenvalue weighted by Gasteiger charge is 2.26. The molecule has 3 aromatic heterocycles. The second-order valence-electron chi connectivity index (χ2n) is 8.73. The van der Waals surface area contributed by atoms with Gasteiger partial charge in [-0.15, -0.1) is 0 Å². The maximum absolute atomic E-state index is 14.9. The van der Waals surface area contributed by atoms with Gasteiger partial charge in [-0.05, 0) is 12.1 Å². The van der Waals surface area contributed by atoms with Crippen LogP contribution in [0.3, 0.4) is 0 Å². The smallest absolute Gasteiger partial charge is 0.270 e. The van der Waals surface area contributed by atoms with E-state index in [0.29, 0.717) is 11.1 Å². The van der Waals surface area contributed by atoms with Crippen molar-refractivity contribution in [3.8, 4) is 17.2 Å². The molecule has 0 bridgehead atoms. The fraction of sp³-hybridized carbons (Fsp3) is 0.167. The van der Waals surface area contributed by atoms with Crippen molar-refractivity contribution in [2.75, 3.05) is 36.6 Å². The van der Waals surface area contributed by atoms with Crippen molar-refractivity contribution in [3.05, 3.63) is 64.3 Å². The maximum atomic E-state index is 14.9. The summed E-state index contributed by atoms with van der Waals surface area (Å²) in [5.74, 6) is -2.43. The van der Waals surface area contributed by atoms with Crippen LogP contribution in [0.2, 0.25) is 0 Å². The predicted molar refractivity (Wildman–Crippen MR) is 133 cm³/mol. The van der Waals surface area contributed by atoms with Crippen LogP contribution in [0.5, 0.6) is 11.5 Å². The summed E-state index contributed by atoms with van der Waals surface area (Å²) in [6.45, 7) is 0.345. The van der Waals surface area contributed by atoms with Crippen molar-refractivity contribution in [3.63, 3.8) is 0 Å². The molecular weight excluding hydrogens is 505 g/mol. The Morgan fingerprint density at radius 1 is 1.18 bits per heavy atom. The molecule has 0 radical (unpaired) electrons. The SMILES string of the molecule is CN(CC1COc2cc(N)c(F)cc2O1)c1ncc2c3[nH]nc(N)c3c(=O)n(-c3cccc(F)c3F)c2n1. The number of nitrogens with one attached hydrogen (secondary N) is 1. The van der Waals surface area contributed by atoms with Gasteiger partial charge in [0.1, 0.15) is 17.8 Å². The van der Waals surface area contributed by atoms with Gasteiger partial charge < -0.3 is 25.8 Å². The number of fused-ring (bicyclic) bond motifs is 4. The normalized spacial score (nSPS) is 14.8. The molecular formula is C24H19F3N8O3. The van der Waals surface area contributed by atoms with E-state index in [4.69, 9.17) is 20.9 Å². The second kappa shape index (κ2) is 8.54. The molecule has 14 heteroatoms. The Balaban J connectivity index is 1.43. The number of hydrogen-bond donors (Lipinski definition) is 3. The van der Waals surface area contributed by atoms with E-state index in [9.17, 15) is 18.0 Å². The van der Waals surface area contributed by atoms with Crippen molar-refractivity contribution in [2.24, 2.45) is 0 Å². The molecule has 1 unspecified atom stereocenters. The van der Waals surface area contributed by atoms with Crippen LogP contribution >= 0.6 is 0 Å². The van der Waals surface area contributed by atoms with Gasteiger partial charge in [0.25, 0.3) is 5.56 Å². The highest BCUT2D eigenvalue weighted by atomic mass is 19.2. The number of nitrogens with two attached hydrogens (primary N) is 2. The van der Waals surface area contributed by atoms with Crippen molar-refractivity contribution in [1.29, 1.82) is 0 Å². The van der Waals surface area contributed by atoms with Crippen LogP contribution in [0.4, 0.5) is 30.6 Å². The van der Waals surface area contributed by atoms with E-state index >= 15 is 0 Å². The molecule has 38 heavy (non-hydrogen) atoms. The number of aromatic nitrogens is 5. The number of rotatable bonds is 4. The number of benzene rings is 2. The summed E-state index contributed by atoms with van der Waals surface area (Å²) in [6, 6.07) is 5.97. The molecule has 1 aliphatic heterocycles. The van der Waals surface area contributed by atoms with E-state index in [1.54, 1.807) is 11.9 Å². The minimum atomic E-state index is -1.23. The highest BCUT2D eigenvalue weighted by molar-refractivity contribution is 6.05. The topological polar surface area (TPSA) is 150 Å². The Morgan fingerprint density at radius 3 is 2.82 bits per heavy atom. The maximum Gasteiger partial charge on any atom is 0.270 e. The molecule has 0 fully saturated rings. The van der Waals surface area contributed by atoms with Crippen LogP contribution in [0.25, 0.3) is 27.6 Å². The van der Waals surface area contributed by atoms with Gasteiger partial charge in [-0.3, -0.25) is 14.5 Å². The fourth-order valence-corrected chi connectivity index (χ4v) is 4.39. The monoisotopic (exact) mass is 524 g/mol. The van der Waals surface area contributed by atoms with E-state index in [1.807, 2.05) is 0 Å². The number of nitrogen functional groups attached to an aromatic ring is 2. The van der Waals surface area contributed by atoms with Crippen molar-refractivity contribution < 1.29 is 22.6 Å². The number of ether oxygens (including phenoxy) is 2. The Labute approximate surface area is 211 Å². The van der Waals surface area contributed by atoms with E-state index in [2.05, 4.69) is 20.2 Å². The predicted octanol–water partition coefficient (Wildman–Crippen LogP) is 2.51. The van der Waals surface area contributed by atoms with Crippen LogP contribution in [0.15, 0.2) is 41.3 Å². The number of H-pyrrole nitrogens is 1. The third-order valence-electron chi connectivity index (χ3n) is 6.22. The molecule has 0 spiro atoms. The molecule has 0 aliphatic carbocycles. The zero-order valence-electron chi connectivity index (χ0n) is 19.7. The molecule has 5 aromatic rings. The lowest BCUT2D eigenvalue weighted by Crippen LogP contribution is -2.40. The fourth-order valence-electron chi connectivity index (χ4n) is 4.39. The molecule has 4 heterocycles. The van der Waals surface area contributed by atoms with Crippen LogP contribution in [-0.2, 0) is 0 Å². The van der Waals surface area contributed by atoms with E-state index in [-0.39, 0.29) is 58.6 Å². The summed E-state index contributed by atoms with van der Waals surface area (Å²) in [7, 11) is 1.67. The molecule has 0 saturated carbocycles. The van der Waals surface area contributed by atoms with Gasteiger partial charge >= 0.3 is 0 Å². The summed E-state index contributed by atoms with van der Waals surface area (Å²) < 4.78 is 55.3. The number of likely N-dealkylation sites (N-methyl/N-ethyl adjacent to an activating group) is 1. The number of hydrogen-bond acceptors (Lipinski definition) is 9. The van der Waals surface area contributed by atoms with Crippen LogP contribution < -0.4 is 31.4 Å². The first-order valence-electron chi connectivity index (χ1n) is 11.3. The second-order valence-corrected chi connectivity index (χ2v) is 8.73. The Bertz CT molecular complexity index is 1810. The number of aromatic amines is 1. The lowest BCUT2D eigenvalue weighted by atomic mass is 10.2. The molecule has 5 N–H and O–H groups in total. The van der Waals surface area contributed by atoms with Crippen LogP contribution in [0, 0.1) is 17.5 Å². The number of anilines is 3. The zero-order valence-corrected chi connectivity index (χ0v) is 19.7. The van der Waals surface area contributed by atoms with Gasteiger partial charge in [-0.25, -0.2) is 18.2 Å². The van der Waals surface area contributed by atoms with E-state index in [1.165, 1.54) is 24.4 Å². The first-order valence-corrected chi connectivity index (χ1v) is 11.3. The lowest BCUT2D eigenvalue weighted by Gasteiger charge is -2.30. The van der Waals surface area contributed by atoms with Gasteiger partial charge in [0, 0.05) is 25.4 Å². The van der Waals surface area contributed by atoms with Crippen molar-refractivity contribution >= 4 is 39.4 Å². The Morgan fingerprint density at radius 2 is 2.00 bits per heavy atom. The molecule has 194 valence electrons. The highest BCUT2D eigenvalue weighted by Crippen LogP contribution is 2.35. The third kappa shape index (κ3) is 3.60. The zero-order chi connectivity index (χ0) is 26.7. The lowest BCUT2D eigenvalue weighted by molar-refractivity contribution is 0.0954. The van der Waals surface area contributed by atoms with Gasteiger partial charge in [-0.2, -0.15) is 10.1 Å². The van der Waals surface area contributed by atoms with Crippen molar-refractivity contribution in [2.45, 2.75) is 6.10 Å².